The number of hydrogen-bond acceptors (Lipinski definition) is 12. The second-order valence-electron chi connectivity index (χ2n) is 15.7. The first kappa shape index (κ1) is 39.9. The molecule has 0 unspecified atom stereocenters. The van der Waals surface area contributed by atoms with Gasteiger partial charge in [-0.25, -0.2) is 26.8 Å². The Balaban J connectivity index is 0.000000154. The number of allylic oxidation sites excluding steroid dienone is 2. The Morgan fingerprint density at radius 1 is 0.633 bits per heavy atom. The minimum Gasteiger partial charge on any atom is -0.531 e. The third-order valence-electron chi connectivity index (χ3n) is 11.9. The Hall–Kier alpha value is -5.55. The number of fused-ring (bicyclic) bond motifs is 6. The number of benzene rings is 2. The third kappa shape index (κ3) is 7.68. The first-order valence-electron chi connectivity index (χ1n) is 19.7. The van der Waals surface area contributed by atoms with Crippen molar-refractivity contribution in [1.29, 1.82) is 0 Å². The molecule has 18 heteroatoms. The van der Waals surface area contributed by atoms with E-state index in [2.05, 4.69) is 19.9 Å². The van der Waals surface area contributed by atoms with Crippen molar-refractivity contribution in [3.05, 3.63) is 109 Å². The van der Waals surface area contributed by atoms with E-state index in [0.717, 1.165) is 70.0 Å². The lowest BCUT2D eigenvalue weighted by Crippen LogP contribution is -2.33. The van der Waals surface area contributed by atoms with Crippen molar-refractivity contribution in [3.63, 3.8) is 0 Å². The van der Waals surface area contributed by atoms with Crippen LogP contribution in [0.2, 0.25) is 0 Å². The molecular formula is C42H42B2N4O10S2. The summed E-state index contributed by atoms with van der Waals surface area (Å²) >= 11 is 0. The average molecular weight is 849 g/mol. The monoisotopic (exact) mass is 848 g/mol. The quantitative estimate of drug-likeness (QED) is 0.122. The van der Waals surface area contributed by atoms with E-state index in [1.807, 2.05) is 24.5 Å². The standard InChI is InChI=1S/2C21H21BN2O5S/c2*1-28-15-2-4-16(5-3-15)30(26,27)12-13-8-14(9-13)18-10-22(25)29-19-11-24-21-17(20(18)19)6-7-23-21/h2*2-7,10-11,13-14,25H,8-9,12H2,1H3,(H,23,24). The molecule has 2 saturated carbocycles. The van der Waals surface area contributed by atoms with Gasteiger partial charge in [-0.15, -0.1) is 0 Å². The van der Waals surface area contributed by atoms with Crippen molar-refractivity contribution in [2.45, 2.75) is 35.5 Å². The normalized spacial score (nSPS) is 20.9. The molecule has 0 bridgehead atoms. The number of sulfone groups is 2. The molecule has 0 atom stereocenters. The zero-order valence-corrected chi connectivity index (χ0v) is 34.4. The fraction of sp³-hybridized carbons (Fsp3) is 0.286. The van der Waals surface area contributed by atoms with Crippen LogP contribution in [-0.4, -0.2) is 86.8 Å². The van der Waals surface area contributed by atoms with Gasteiger partial charge in [0.15, 0.2) is 19.7 Å². The molecule has 4 aliphatic rings. The summed E-state index contributed by atoms with van der Waals surface area (Å²) in [5.74, 6) is 6.58. The first-order chi connectivity index (χ1) is 28.9. The van der Waals surface area contributed by atoms with E-state index in [9.17, 15) is 26.9 Å². The van der Waals surface area contributed by atoms with Gasteiger partial charge < -0.3 is 38.8 Å². The van der Waals surface area contributed by atoms with Gasteiger partial charge in [-0.3, -0.25) is 0 Å². The second kappa shape index (κ2) is 15.8. The van der Waals surface area contributed by atoms with E-state index in [4.69, 9.17) is 18.8 Å². The van der Waals surface area contributed by atoms with Gasteiger partial charge in [-0.1, -0.05) is 0 Å². The van der Waals surface area contributed by atoms with E-state index in [1.54, 1.807) is 87.1 Å². The highest BCUT2D eigenvalue weighted by atomic mass is 32.2. The number of ether oxygens (including phenoxy) is 2. The Morgan fingerprint density at radius 3 is 1.38 bits per heavy atom. The highest BCUT2D eigenvalue weighted by Crippen LogP contribution is 2.50. The van der Waals surface area contributed by atoms with Crippen molar-refractivity contribution in [1.82, 2.24) is 19.9 Å². The fourth-order valence-corrected chi connectivity index (χ4v) is 12.1. The molecule has 2 aliphatic heterocycles. The van der Waals surface area contributed by atoms with Crippen LogP contribution in [0.3, 0.4) is 0 Å². The Morgan fingerprint density at radius 2 is 1.02 bits per heavy atom. The van der Waals surface area contributed by atoms with Crippen LogP contribution in [0.4, 0.5) is 0 Å². The highest BCUT2D eigenvalue weighted by molar-refractivity contribution is 7.91. The third-order valence-corrected chi connectivity index (χ3v) is 15.7. The van der Waals surface area contributed by atoms with E-state index >= 15 is 0 Å². The van der Waals surface area contributed by atoms with E-state index in [0.29, 0.717) is 32.8 Å². The topological polar surface area (TPSA) is 203 Å². The molecule has 6 aromatic rings. The van der Waals surface area contributed by atoms with Crippen molar-refractivity contribution in [2.24, 2.45) is 23.7 Å². The van der Waals surface area contributed by atoms with Crippen LogP contribution < -0.4 is 18.8 Å². The van der Waals surface area contributed by atoms with E-state index in [1.165, 1.54) is 0 Å². The molecule has 2 fully saturated rings. The number of nitrogens with one attached hydrogen (secondary N) is 2. The Kier molecular flexibility index (Phi) is 10.5. The Bertz CT molecular complexity index is 2660. The maximum atomic E-state index is 12.8. The van der Waals surface area contributed by atoms with Crippen molar-refractivity contribution >= 4 is 67.1 Å². The summed E-state index contributed by atoms with van der Waals surface area (Å²) in [7, 11) is -5.66. The maximum absolute atomic E-state index is 12.8. The largest absolute Gasteiger partial charge is 0.552 e. The molecule has 2 aromatic carbocycles. The number of rotatable bonds is 10. The van der Waals surface area contributed by atoms with Gasteiger partial charge in [-0.2, -0.15) is 0 Å². The van der Waals surface area contributed by atoms with Crippen LogP contribution >= 0.6 is 0 Å². The summed E-state index contributed by atoms with van der Waals surface area (Å²) in [5, 5.41) is 22.1. The summed E-state index contributed by atoms with van der Waals surface area (Å²) in [6.07, 6.45) is 9.90. The molecule has 0 radical (unpaired) electrons. The zero-order valence-electron chi connectivity index (χ0n) is 32.8. The number of aromatic nitrogens is 4. The smallest absolute Gasteiger partial charge is 0.531 e. The van der Waals surface area contributed by atoms with Gasteiger partial charge in [0.2, 0.25) is 0 Å². The summed E-state index contributed by atoms with van der Waals surface area (Å²) in [4.78, 5) is 15.5. The lowest BCUT2D eigenvalue weighted by atomic mass is 9.66. The van der Waals surface area contributed by atoms with Crippen LogP contribution in [0.25, 0.3) is 33.2 Å². The minimum absolute atomic E-state index is 0.0787. The van der Waals surface area contributed by atoms with Gasteiger partial charge in [0, 0.05) is 34.3 Å². The summed E-state index contributed by atoms with van der Waals surface area (Å²) < 4.78 is 72.4. The second-order valence-corrected chi connectivity index (χ2v) is 19.8. The molecule has 6 heterocycles. The predicted octanol–water partition coefficient (Wildman–Crippen LogP) is 5.73. The lowest BCUT2D eigenvalue weighted by molar-refractivity contribution is 0.272. The minimum atomic E-state index is -3.36. The van der Waals surface area contributed by atoms with Crippen molar-refractivity contribution in [3.8, 4) is 23.0 Å². The highest BCUT2D eigenvalue weighted by Gasteiger charge is 2.41. The predicted molar refractivity (Wildman–Crippen MR) is 228 cm³/mol. The van der Waals surface area contributed by atoms with Crippen LogP contribution in [0.1, 0.15) is 36.8 Å². The van der Waals surface area contributed by atoms with Gasteiger partial charge >= 0.3 is 14.2 Å². The fourth-order valence-electron chi connectivity index (χ4n) is 8.87. The maximum Gasteiger partial charge on any atom is 0.552 e. The number of H-pyrrole nitrogens is 2. The number of pyridine rings is 2. The molecule has 308 valence electrons. The van der Waals surface area contributed by atoms with Crippen LogP contribution in [0, 0.1) is 23.7 Å². The van der Waals surface area contributed by atoms with E-state index < -0.39 is 33.9 Å². The summed E-state index contributed by atoms with van der Waals surface area (Å²) in [5.41, 5.74) is 5.42. The molecule has 0 spiro atoms. The van der Waals surface area contributed by atoms with E-state index in [-0.39, 0.29) is 35.2 Å². The molecule has 0 amide bonds. The summed E-state index contributed by atoms with van der Waals surface area (Å²) in [6.45, 7) is 0. The van der Waals surface area contributed by atoms with Crippen LogP contribution in [0.5, 0.6) is 23.0 Å². The summed E-state index contributed by atoms with van der Waals surface area (Å²) in [6, 6.07) is 16.9. The van der Waals surface area contributed by atoms with Crippen LogP contribution in [0.15, 0.2) is 107 Å². The number of hydrogen-bond donors (Lipinski definition) is 4. The Labute approximate surface area is 347 Å². The average Bonchev–Trinajstić information content (AvgIpc) is 3.90. The molecule has 4 aromatic heterocycles. The van der Waals surface area contributed by atoms with Crippen LogP contribution in [-0.2, 0) is 19.7 Å². The van der Waals surface area contributed by atoms with Gasteiger partial charge in [-0.05, 0) is 133 Å². The molecule has 14 nitrogen and oxygen atoms in total. The SMILES string of the molecule is COc1ccc(S(=O)(=O)CC2CC(C3=CB(O)Oc4cnc5[nH]ccc5c43)C2)cc1.COc1ccc(S(=O)(=O)CC2CC(C3=CB(O)Oc4cnc5[nH]ccc5c43)C2)cc1. The number of methoxy groups -OCH3 is 2. The molecule has 0 saturated heterocycles. The number of nitrogens with zero attached hydrogens (tertiary/aromatic N) is 2. The van der Waals surface area contributed by atoms with Gasteiger partial charge in [0.25, 0.3) is 0 Å². The molecule has 10 rings (SSSR count). The lowest BCUT2D eigenvalue weighted by Gasteiger charge is -2.38. The first-order valence-corrected chi connectivity index (χ1v) is 23.0. The van der Waals surface area contributed by atoms with Crippen molar-refractivity contribution < 1.29 is 45.7 Å². The van der Waals surface area contributed by atoms with Gasteiger partial charge in [0.05, 0.1) is 47.9 Å². The van der Waals surface area contributed by atoms with Crippen molar-refractivity contribution in [2.75, 3.05) is 25.7 Å². The molecule has 60 heavy (non-hydrogen) atoms. The molecular weight excluding hydrogens is 806 g/mol. The molecule has 2 aliphatic carbocycles. The zero-order chi connectivity index (χ0) is 41.8. The number of aromatic amines is 2. The van der Waals surface area contributed by atoms with Gasteiger partial charge in [0.1, 0.15) is 34.3 Å². The molecule has 4 N–H and O–H groups in total.